The lowest BCUT2D eigenvalue weighted by molar-refractivity contribution is -0.141. The van der Waals surface area contributed by atoms with Crippen LogP contribution < -0.4 is 4.90 Å². The average Bonchev–Trinajstić information content (AvgIpc) is 2.27. The minimum absolute atomic E-state index is 0.0470. The van der Waals surface area contributed by atoms with Crippen LogP contribution >= 0.6 is 0 Å². The van der Waals surface area contributed by atoms with E-state index < -0.39 is 17.8 Å². The van der Waals surface area contributed by atoms with Gasteiger partial charge in [-0.1, -0.05) is 5.92 Å². The minimum atomic E-state index is -4.64. The van der Waals surface area contributed by atoms with Gasteiger partial charge < -0.3 is 10.0 Å². The summed E-state index contributed by atoms with van der Waals surface area (Å²) in [6, 6.07) is 1.48. The molecule has 4 nitrogen and oxygen atoms in total. The first-order valence-corrected chi connectivity index (χ1v) is 4.73. The Bertz CT molecular complexity index is 506. The predicted octanol–water partition coefficient (Wildman–Crippen LogP) is 1.87. The third-order valence-electron chi connectivity index (χ3n) is 2.09. The van der Waals surface area contributed by atoms with Crippen LogP contribution in [0.25, 0.3) is 0 Å². The van der Waals surface area contributed by atoms with Gasteiger partial charge in [-0.3, -0.25) is 0 Å². The van der Waals surface area contributed by atoms with Crippen molar-refractivity contribution >= 4 is 11.8 Å². The zero-order chi connectivity index (χ0) is 13.9. The van der Waals surface area contributed by atoms with Gasteiger partial charge >= 0.3 is 12.1 Å². The van der Waals surface area contributed by atoms with Gasteiger partial charge in [-0.2, -0.15) is 13.2 Å². The van der Waals surface area contributed by atoms with Crippen molar-refractivity contribution in [3.63, 3.8) is 0 Å². The molecule has 0 amide bonds. The summed E-state index contributed by atoms with van der Waals surface area (Å²) < 4.78 is 37.4. The molecule has 1 aromatic heterocycles. The van der Waals surface area contributed by atoms with Gasteiger partial charge in [0.1, 0.15) is 17.1 Å². The number of terminal acetylenes is 1. The maximum atomic E-state index is 12.5. The first-order chi connectivity index (χ1) is 8.27. The van der Waals surface area contributed by atoms with Gasteiger partial charge in [0, 0.05) is 7.05 Å². The second kappa shape index (κ2) is 4.96. The molecule has 0 fully saturated rings. The first-order valence-electron chi connectivity index (χ1n) is 4.73. The number of halogens is 3. The van der Waals surface area contributed by atoms with Crippen molar-refractivity contribution in [3.05, 3.63) is 23.4 Å². The lowest BCUT2D eigenvalue weighted by Crippen LogP contribution is -2.23. The molecule has 0 radical (unpaired) electrons. The number of alkyl halides is 3. The van der Waals surface area contributed by atoms with E-state index in [0.717, 1.165) is 6.07 Å². The highest BCUT2D eigenvalue weighted by atomic mass is 19.4. The van der Waals surface area contributed by atoms with E-state index in [0.29, 0.717) is 6.07 Å². The number of carboxylic acid groups (broad SMARTS) is 1. The smallest absolute Gasteiger partial charge is 0.433 e. The fourth-order valence-corrected chi connectivity index (χ4v) is 1.28. The van der Waals surface area contributed by atoms with Crippen molar-refractivity contribution in [2.45, 2.75) is 6.18 Å². The Morgan fingerprint density at radius 3 is 2.61 bits per heavy atom. The normalized spacial score (nSPS) is 10.8. The van der Waals surface area contributed by atoms with E-state index in [1.807, 2.05) is 0 Å². The van der Waals surface area contributed by atoms with Crippen molar-refractivity contribution in [2.75, 3.05) is 18.5 Å². The standard InChI is InChI=1S/C11H9F3N2O2/c1-3-6-16(2)9-7(10(17)18)4-5-8(15-9)11(12,13)14/h1,4-5H,6H2,2H3,(H,17,18). The Morgan fingerprint density at radius 2 is 2.17 bits per heavy atom. The van der Waals surface area contributed by atoms with Gasteiger partial charge in [0.15, 0.2) is 0 Å². The summed E-state index contributed by atoms with van der Waals surface area (Å²) in [7, 11) is 1.37. The van der Waals surface area contributed by atoms with Gasteiger partial charge in [-0.15, -0.1) is 6.42 Å². The summed E-state index contributed by atoms with van der Waals surface area (Å²) in [6.45, 7) is -0.0470. The highest BCUT2D eigenvalue weighted by Crippen LogP contribution is 2.30. The van der Waals surface area contributed by atoms with Crippen molar-refractivity contribution in [3.8, 4) is 12.3 Å². The fraction of sp³-hybridized carbons (Fsp3) is 0.273. The van der Waals surface area contributed by atoms with Crippen LogP contribution in [0.3, 0.4) is 0 Å². The van der Waals surface area contributed by atoms with Crippen molar-refractivity contribution in [1.82, 2.24) is 4.98 Å². The number of anilines is 1. The molecule has 0 bridgehead atoms. The summed E-state index contributed by atoms with van der Waals surface area (Å²) in [5, 5.41) is 8.88. The molecular formula is C11H9F3N2O2. The molecule has 0 atom stereocenters. The maximum Gasteiger partial charge on any atom is 0.433 e. The number of rotatable bonds is 3. The van der Waals surface area contributed by atoms with Gasteiger partial charge in [0.25, 0.3) is 0 Å². The largest absolute Gasteiger partial charge is 0.478 e. The SMILES string of the molecule is C#CCN(C)c1nc(C(F)(F)F)ccc1C(=O)O. The van der Waals surface area contributed by atoms with E-state index in [4.69, 9.17) is 11.5 Å². The number of pyridine rings is 1. The summed E-state index contributed by atoms with van der Waals surface area (Å²) in [4.78, 5) is 15.4. The molecular weight excluding hydrogens is 249 g/mol. The second-order valence-corrected chi connectivity index (χ2v) is 3.43. The van der Waals surface area contributed by atoms with E-state index in [1.54, 1.807) is 0 Å². The molecule has 1 heterocycles. The molecule has 0 aromatic carbocycles. The number of carbonyl (C=O) groups is 1. The molecule has 1 aromatic rings. The van der Waals surface area contributed by atoms with Crippen LogP contribution in [0.4, 0.5) is 19.0 Å². The molecule has 0 unspecified atom stereocenters. The molecule has 0 aliphatic carbocycles. The second-order valence-electron chi connectivity index (χ2n) is 3.43. The van der Waals surface area contributed by atoms with Crippen LogP contribution in [0, 0.1) is 12.3 Å². The van der Waals surface area contributed by atoms with Gasteiger partial charge in [0.2, 0.25) is 0 Å². The van der Waals surface area contributed by atoms with E-state index >= 15 is 0 Å². The van der Waals surface area contributed by atoms with E-state index in [-0.39, 0.29) is 17.9 Å². The third-order valence-corrected chi connectivity index (χ3v) is 2.09. The van der Waals surface area contributed by atoms with Crippen molar-refractivity contribution in [2.24, 2.45) is 0 Å². The molecule has 7 heteroatoms. The Hall–Kier alpha value is -2.23. The summed E-state index contributed by atoms with van der Waals surface area (Å²) in [5.41, 5.74) is -1.49. The number of carboxylic acids is 1. The summed E-state index contributed by atoms with van der Waals surface area (Å²) in [6.07, 6.45) is 0.392. The third kappa shape index (κ3) is 2.91. The molecule has 0 saturated heterocycles. The highest BCUT2D eigenvalue weighted by Gasteiger charge is 2.34. The van der Waals surface area contributed by atoms with Crippen LogP contribution in [0.1, 0.15) is 16.1 Å². The van der Waals surface area contributed by atoms with Crippen LogP contribution in [0.2, 0.25) is 0 Å². The van der Waals surface area contributed by atoms with E-state index in [9.17, 15) is 18.0 Å². The monoisotopic (exact) mass is 258 g/mol. The van der Waals surface area contributed by atoms with E-state index in [2.05, 4.69) is 10.9 Å². The Kier molecular flexibility index (Phi) is 3.81. The number of nitrogens with zero attached hydrogens (tertiary/aromatic N) is 2. The van der Waals surface area contributed by atoms with Gasteiger partial charge in [0.05, 0.1) is 6.54 Å². The molecule has 96 valence electrons. The minimum Gasteiger partial charge on any atom is -0.478 e. The number of aromatic carboxylic acids is 1. The number of hydrogen-bond donors (Lipinski definition) is 1. The Balaban J connectivity index is 3.34. The molecule has 18 heavy (non-hydrogen) atoms. The van der Waals surface area contributed by atoms with Crippen molar-refractivity contribution < 1.29 is 23.1 Å². The molecule has 1 rings (SSSR count). The summed E-state index contributed by atoms with van der Waals surface area (Å²) >= 11 is 0. The maximum absolute atomic E-state index is 12.5. The molecule has 0 aliphatic heterocycles. The Labute approximate surface area is 101 Å². The zero-order valence-corrected chi connectivity index (χ0v) is 9.32. The topological polar surface area (TPSA) is 53.4 Å². The fourth-order valence-electron chi connectivity index (χ4n) is 1.28. The lowest BCUT2D eigenvalue weighted by Gasteiger charge is -2.18. The molecule has 0 saturated carbocycles. The molecule has 0 spiro atoms. The van der Waals surface area contributed by atoms with Crippen LogP contribution in [0.5, 0.6) is 0 Å². The van der Waals surface area contributed by atoms with Crippen LogP contribution in [-0.2, 0) is 6.18 Å². The van der Waals surface area contributed by atoms with Gasteiger partial charge in [-0.05, 0) is 12.1 Å². The highest BCUT2D eigenvalue weighted by molar-refractivity contribution is 5.93. The quantitative estimate of drug-likeness (QED) is 0.841. The van der Waals surface area contributed by atoms with Crippen molar-refractivity contribution in [1.29, 1.82) is 0 Å². The molecule has 1 N–H and O–H groups in total. The zero-order valence-electron chi connectivity index (χ0n) is 9.32. The summed E-state index contributed by atoms with van der Waals surface area (Å²) in [5.74, 6) is 0.526. The number of hydrogen-bond acceptors (Lipinski definition) is 3. The van der Waals surface area contributed by atoms with Crippen LogP contribution in [-0.4, -0.2) is 29.7 Å². The van der Waals surface area contributed by atoms with Crippen LogP contribution in [0.15, 0.2) is 12.1 Å². The van der Waals surface area contributed by atoms with E-state index in [1.165, 1.54) is 11.9 Å². The average molecular weight is 258 g/mol. The number of aromatic nitrogens is 1. The lowest BCUT2D eigenvalue weighted by atomic mass is 10.2. The molecule has 0 aliphatic rings. The Morgan fingerprint density at radius 1 is 1.56 bits per heavy atom. The first kappa shape index (κ1) is 13.8. The predicted molar refractivity (Wildman–Crippen MR) is 58.3 cm³/mol. The van der Waals surface area contributed by atoms with Gasteiger partial charge in [-0.25, -0.2) is 9.78 Å².